The van der Waals surface area contributed by atoms with Gasteiger partial charge in [0.25, 0.3) is 0 Å². The quantitative estimate of drug-likeness (QED) is 0.906. The molecular weight excluding hydrogens is 318 g/mol. The molecule has 0 bridgehead atoms. The van der Waals surface area contributed by atoms with Gasteiger partial charge in [-0.25, -0.2) is 13.2 Å². The standard InChI is InChI=1S/C15H23N3O4S/c1-10-13(14(22-17-10)12-5-6-12)16-15(19)18-7-3-4-11(8-18)9-23(2,20)21/h11-12H,3-9H2,1-2H3,(H,16,19). The minimum atomic E-state index is -3.02. The van der Waals surface area contributed by atoms with Gasteiger partial charge < -0.3 is 14.7 Å². The summed E-state index contributed by atoms with van der Waals surface area (Å²) in [6.07, 6.45) is 5.05. The molecule has 23 heavy (non-hydrogen) atoms. The average Bonchev–Trinajstić information content (AvgIpc) is 3.24. The van der Waals surface area contributed by atoms with Crippen molar-refractivity contribution < 1.29 is 17.7 Å². The van der Waals surface area contributed by atoms with Crippen molar-refractivity contribution in [2.75, 3.05) is 30.4 Å². The zero-order chi connectivity index (χ0) is 16.6. The number of sulfone groups is 1. The number of carbonyl (C=O) groups is 1. The predicted molar refractivity (Wildman–Crippen MR) is 86.2 cm³/mol. The fourth-order valence-corrected chi connectivity index (χ4v) is 4.29. The second-order valence-electron chi connectivity index (χ2n) is 6.76. The number of amides is 2. The minimum absolute atomic E-state index is 0.0102. The monoisotopic (exact) mass is 341 g/mol. The van der Waals surface area contributed by atoms with Gasteiger partial charge in [-0.3, -0.25) is 0 Å². The molecule has 8 heteroatoms. The van der Waals surface area contributed by atoms with Gasteiger partial charge in [-0.2, -0.15) is 0 Å². The summed E-state index contributed by atoms with van der Waals surface area (Å²) in [6.45, 7) is 2.94. The van der Waals surface area contributed by atoms with Gasteiger partial charge in [0.2, 0.25) is 0 Å². The molecule has 0 aromatic carbocycles. The molecule has 1 aromatic heterocycles. The van der Waals surface area contributed by atoms with Crippen molar-refractivity contribution in [1.82, 2.24) is 10.1 Å². The number of carbonyl (C=O) groups excluding carboxylic acids is 1. The number of rotatable bonds is 4. The van der Waals surface area contributed by atoms with E-state index in [-0.39, 0.29) is 17.7 Å². The number of likely N-dealkylation sites (tertiary alicyclic amines) is 1. The van der Waals surface area contributed by atoms with Crippen LogP contribution in [0, 0.1) is 12.8 Å². The smallest absolute Gasteiger partial charge is 0.322 e. The van der Waals surface area contributed by atoms with Gasteiger partial charge in [0, 0.05) is 25.3 Å². The number of urea groups is 1. The summed E-state index contributed by atoms with van der Waals surface area (Å²) in [5.74, 6) is 1.28. The molecule has 1 unspecified atom stereocenters. The van der Waals surface area contributed by atoms with Crippen molar-refractivity contribution in [2.24, 2.45) is 5.92 Å². The van der Waals surface area contributed by atoms with E-state index in [1.54, 1.807) is 4.90 Å². The summed E-state index contributed by atoms with van der Waals surface area (Å²) >= 11 is 0. The zero-order valence-electron chi connectivity index (χ0n) is 13.5. The third-order valence-electron chi connectivity index (χ3n) is 4.41. The van der Waals surface area contributed by atoms with Gasteiger partial charge in [0.1, 0.15) is 21.2 Å². The van der Waals surface area contributed by atoms with Crippen LogP contribution in [0.15, 0.2) is 4.52 Å². The topological polar surface area (TPSA) is 92.5 Å². The van der Waals surface area contributed by atoms with Gasteiger partial charge in [0.15, 0.2) is 5.76 Å². The van der Waals surface area contributed by atoms with E-state index in [0.29, 0.717) is 30.4 Å². The number of nitrogens with one attached hydrogen (secondary N) is 1. The molecule has 7 nitrogen and oxygen atoms in total. The predicted octanol–water partition coefficient (Wildman–Crippen LogP) is 2.15. The van der Waals surface area contributed by atoms with Crippen LogP contribution >= 0.6 is 0 Å². The fourth-order valence-electron chi connectivity index (χ4n) is 3.16. The number of hydrogen-bond acceptors (Lipinski definition) is 5. The second-order valence-corrected chi connectivity index (χ2v) is 8.94. The van der Waals surface area contributed by atoms with E-state index < -0.39 is 9.84 Å². The van der Waals surface area contributed by atoms with E-state index in [2.05, 4.69) is 10.5 Å². The number of hydrogen-bond donors (Lipinski definition) is 1. The van der Waals surface area contributed by atoms with Crippen LogP contribution < -0.4 is 5.32 Å². The van der Waals surface area contributed by atoms with Gasteiger partial charge in [-0.1, -0.05) is 5.16 Å². The summed E-state index contributed by atoms with van der Waals surface area (Å²) in [5.41, 5.74) is 1.37. The van der Waals surface area contributed by atoms with Crippen molar-refractivity contribution in [3.05, 3.63) is 11.5 Å². The van der Waals surface area contributed by atoms with Gasteiger partial charge in [-0.05, 0) is 38.5 Å². The Hall–Kier alpha value is -1.57. The van der Waals surface area contributed by atoms with Crippen LogP contribution in [0.3, 0.4) is 0 Å². The maximum Gasteiger partial charge on any atom is 0.322 e. The zero-order valence-corrected chi connectivity index (χ0v) is 14.4. The highest BCUT2D eigenvalue weighted by molar-refractivity contribution is 7.90. The van der Waals surface area contributed by atoms with Crippen LogP contribution in [0.5, 0.6) is 0 Å². The molecule has 2 amide bonds. The third-order valence-corrected chi connectivity index (χ3v) is 5.49. The molecule has 2 aliphatic rings. The highest BCUT2D eigenvalue weighted by Crippen LogP contribution is 2.44. The first-order valence-electron chi connectivity index (χ1n) is 8.03. The lowest BCUT2D eigenvalue weighted by atomic mass is 10.0. The van der Waals surface area contributed by atoms with Crippen molar-refractivity contribution in [3.63, 3.8) is 0 Å². The lowest BCUT2D eigenvalue weighted by molar-refractivity contribution is 0.182. The molecule has 1 aliphatic heterocycles. The van der Waals surface area contributed by atoms with Crippen molar-refractivity contribution in [1.29, 1.82) is 0 Å². The third kappa shape index (κ3) is 4.04. The number of nitrogens with zero attached hydrogens (tertiary/aromatic N) is 2. The maximum absolute atomic E-state index is 12.5. The van der Waals surface area contributed by atoms with E-state index in [0.717, 1.165) is 31.4 Å². The normalized spacial score (nSPS) is 22.2. The Kier molecular flexibility index (Phi) is 4.35. The summed E-state index contributed by atoms with van der Waals surface area (Å²) in [7, 11) is -3.02. The van der Waals surface area contributed by atoms with Gasteiger partial charge in [0.05, 0.1) is 5.75 Å². The second kappa shape index (κ2) is 6.14. The van der Waals surface area contributed by atoms with Crippen LogP contribution in [-0.2, 0) is 9.84 Å². The van der Waals surface area contributed by atoms with E-state index in [9.17, 15) is 13.2 Å². The largest absolute Gasteiger partial charge is 0.359 e. The van der Waals surface area contributed by atoms with Crippen LogP contribution in [-0.4, -0.2) is 49.6 Å². The summed E-state index contributed by atoms with van der Waals surface area (Å²) in [4.78, 5) is 14.2. The molecule has 0 spiro atoms. The van der Waals surface area contributed by atoms with Crippen molar-refractivity contribution >= 4 is 21.6 Å². The molecule has 2 fully saturated rings. The molecule has 1 atom stereocenters. The summed E-state index contributed by atoms with van der Waals surface area (Å²) in [5, 5.41) is 6.87. The lowest BCUT2D eigenvalue weighted by Crippen LogP contribution is -2.44. The first kappa shape index (κ1) is 16.3. The molecule has 1 aliphatic carbocycles. The Morgan fingerprint density at radius 1 is 1.39 bits per heavy atom. The molecular formula is C15H23N3O4S. The first-order valence-corrected chi connectivity index (χ1v) is 10.1. The summed E-state index contributed by atoms with van der Waals surface area (Å²) < 4.78 is 28.3. The Morgan fingerprint density at radius 2 is 2.13 bits per heavy atom. The molecule has 1 N–H and O–H groups in total. The number of aromatic nitrogens is 1. The number of piperidine rings is 1. The maximum atomic E-state index is 12.5. The molecule has 2 heterocycles. The summed E-state index contributed by atoms with van der Waals surface area (Å²) in [6, 6.07) is -0.198. The molecule has 1 saturated heterocycles. The van der Waals surface area contributed by atoms with Crippen LogP contribution in [0.2, 0.25) is 0 Å². The molecule has 0 radical (unpaired) electrons. The van der Waals surface area contributed by atoms with Gasteiger partial charge >= 0.3 is 6.03 Å². The number of anilines is 1. The Bertz CT molecular complexity index is 694. The van der Waals surface area contributed by atoms with Crippen LogP contribution in [0.25, 0.3) is 0 Å². The van der Waals surface area contributed by atoms with Crippen LogP contribution in [0.4, 0.5) is 10.5 Å². The van der Waals surface area contributed by atoms with Crippen molar-refractivity contribution in [2.45, 2.75) is 38.5 Å². The SMILES string of the molecule is Cc1noc(C2CC2)c1NC(=O)N1CCCC(CS(C)(=O)=O)C1. The van der Waals surface area contributed by atoms with E-state index in [1.165, 1.54) is 6.26 Å². The van der Waals surface area contributed by atoms with E-state index >= 15 is 0 Å². The number of aryl methyl sites for hydroxylation is 1. The Balaban J connectivity index is 1.65. The molecule has 128 valence electrons. The first-order chi connectivity index (χ1) is 10.8. The molecule has 3 rings (SSSR count). The van der Waals surface area contributed by atoms with Crippen LogP contribution in [0.1, 0.15) is 43.1 Å². The molecule has 1 aromatic rings. The Labute approximate surface area is 136 Å². The highest BCUT2D eigenvalue weighted by Gasteiger charge is 2.33. The van der Waals surface area contributed by atoms with E-state index in [1.807, 2.05) is 6.92 Å². The van der Waals surface area contributed by atoms with Crippen molar-refractivity contribution in [3.8, 4) is 0 Å². The Morgan fingerprint density at radius 3 is 2.78 bits per heavy atom. The lowest BCUT2D eigenvalue weighted by Gasteiger charge is -2.32. The van der Waals surface area contributed by atoms with E-state index in [4.69, 9.17) is 4.52 Å². The average molecular weight is 341 g/mol. The highest BCUT2D eigenvalue weighted by atomic mass is 32.2. The molecule has 1 saturated carbocycles. The van der Waals surface area contributed by atoms with Gasteiger partial charge in [-0.15, -0.1) is 0 Å². The fraction of sp³-hybridized carbons (Fsp3) is 0.733. The minimum Gasteiger partial charge on any atom is -0.359 e.